The summed E-state index contributed by atoms with van der Waals surface area (Å²) in [6, 6.07) is 1.80. The summed E-state index contributed by atoms with van der Waals surface area (Å²) in [7, 11) is 0. The molecule has 0 aliphatic carbocycles. The molecule has 1 aliphatic heterocycles. The molecular formula is C22H39N7O2. The maximum absolute atomic E-state index is 12.6. The van der Waals surface area contributed by atoms with E-state index in [1.165, 1.54) is 0 Å². The lowest BCUT2D eigenvalue weighted by Gasteiger charge is -2.34. The van der Waals surface area contributed by atoms with Crippen LogP contribution in [0.5, 0.6) is 0 Å². The van der Waals surface area contributed by atoms with Gasteiger partial charge in [-0.25, -0.2) is 9.97 Å². The number of aromatic nitrogens is 2. The number of hydrogen-bond acceptors (Lipinski definition) is 6. The van der Waals surface area contributed by atoms with Crippen LogP contribution in [-0.2, 0) is 4.79 Å². The van der Waals surface area contributed by atoms with Crippen LogP contribution in [0.25, 0.3) is 0 Å². The number of hydrogen-bond donors (Lipinski definition) is 3. The van der Waals surface area contributed by atoms with E-state index in [-0.39, 0.29) is 12.5 Å². The summed E-state index contributed by atoms with van der Waals surface area (Å²) in [6.45, 7) is 11.4. The smallest absolute Gasteiger partial charge is 0.225 e. The van der Waals surface area contributed by atoms with Crippen molar-refractivity contribution < 1.29 is 9.90 Å². The minimum absolute atomic E-state index is 0.148. The number of nitrogens with zero attached hydrogens (tertiary/aromatic N) is 5. The molecule has 31 heavy (non-hydrogen) atoms. The normalized spacial score (nSPS) is 15.8. The van der Waals surface area contributed by atoms with Gasteiger partial charge in [-0.2, -0.15) is 0 Å². The van der Waals surface area contributed by atoms with Gasteiger partial charge in [0.15, 0.2) is 5.96 Å². The number of guanidine groups is 1. The zero-order valence-electron chi connectivity index (χ0n) is 19.3. The van der Waals surface area contributed by atoms with Gasteiger partial charge in [-0.15, -0.1) is 0 Å². The summed E-state index contributed by atoms with van der Waals surface area (Å²) in [4.78, 5) is 29.9. The van der Waals surface area contributed by atoms with Crippen molar-refractivity contribution in [2.75, 3.05) is 57.3 Å². The van der Waals surface area contributed by atoms with Gasteiger partial charge >= 0.3 is 0 Å². The topological polar surface area (TPSA) is 106 Å². The Hall–Kier alpha value is -2.42. The minimum atomic E-state index is 0.148. The maximum Gasteiger partial charge on any atom is 0.225 e. The number of aliphatic imine (C=N–C) groups is 1. The van der Waals surface area contributed by atoms with Gasteiger partial charge in [0.25, 0.3) is 0 Å². The molecule has 2 rings (SSSR count). The molecular weight excluding hydrogens is 394 g/mol. The number of carbonyl (C=O) groups is 1. The Morgan fingerprint density at radius 3 is 2.52 bits per heavy atom. The van der Waals surface area contributed by atoms with Crippen molar-refractivity contribution in [3.8, 4) is 0 Å². The number of piperazine rings is 1. The third-order valence-electron chi connectivity index (χ3n) is 5.29. The van der Waals surface area contributed by atoms with Crippen LogP contribution in [0.1, 0.15) is 40.0 Å². The Labute approximate surface area is 186 Å². The zero-order valence-corrected chi connectivity index (χ0v) is 19.3. The Morgan fingerprint density at radius 2 is 1.90 bits per heavy atom. The molecule has 1 unspecified atom stereocenters. The van der Waals surface area contributed by atoms with Crippen molar-refractivity contribution in [2.45, 2.75) is 40.0 Å². The number of anilines is 1. The molecule has 0 radical (unpaired) electrons. The van der Waals surface area contributed by atoms with E-state index >= 15 is 0 Å². The van der Waals surface area contributed by atoms with E-state index in [2.05, 4.69) is 44.3 Å². The number of carbonyl (C=O) groups excluding carboxylic acids is 1. The van der Waals surface area contributed by atoms with Gasteiger partial charge in [-0.1, -0.05) is 13.8 Å². The van der Waals surface area contributed by atoms with Crippen LogP contribution in [0.3, 0.4) is 0 Å². The first-order valence-corrected chi connectivity index (χ1v) is 11.5. The highest BCUT2D eigenvalue weighted by atomic mass is 16.3. The number of aliphatic hydroxyl groups is 1. The highest BCUT2D eigenvalue weighted by Crippen LogP contribution is 2.15. The molecule has 1 aliphatic rings. The summed E-state index contributed by atoms with van der Waals surface area (Å²) >= 11 is 0. The third kappa shape index (κ3) is 9.08. The fourth-order valence-electron chi connectivity index (χ4n) is 3.75. The first kappa shape index (κ1) is 24.8. The van der Waals surface area contributed by atoms with Gasteiger partial charge in [0.2, 0.25) is 11.9 Å². The van der Waals surface area contributed by atoms with Gasteiger partial charge in [0.1, 0.15) is 0 Å². The molecule has 9 heteroatoms. The molecule has 0 spiro atoms. The first-order chi connectivity index (χ1) is 15.0. The van der Waals surface area contributed by atoms with Crippen molar-refractivity contribution in [3.63, 3.8) is 0 Å². The number of aliphatic hydroxyl groups excluding tert-OH is 1. The van der Waals surface area contributed by atoms with Crippen molar-refractivity contribution >= 4 is 17.8 Å². The Morgan fingerprint density at radius 1 is 1.19 bits per heavy atom. The molecule has 1 aromatic heterocycles. The number of amides is 1. The summed E-state index contributed by atoms with van der Waals surface area (Å²) in [5.41, 5.74) is 0. The number of nitrogens with one attached hydrogen (secondary N) is 2. The summed E-state index contributed by atoms with van der Waals surface area (Å²) < 4.78 is 0. The molecule has 2 heterocycles. The lowest BCUT2D eigenvalue weighted by Crippen LogP contribution is -2.50. The van der Waals surface area contributed by atoms with Crippen LogP contribution >= 0.6 is 0 Å². The average Bonchev–Trinajstić information content (AvgIpc) is 2.77. The molecule has 3 N–H and O–H groups in total. The molecule has 9 nitrogen and oxygen atoms in total. The molecule has 1 aromatic rings. The van der Waals surface area contributed by atoms with Crippen molar-refractivity contribution in [1.82, 2.24) is 25.5 Å². The van der Waals surface area contributed by atoms with Crippen LogP contribution in [0.4, 0.5) is 5.95 Å². The summed E-state index contributed by atoms with van der Waals surface area (Å²) in [5.74, 6) is 2.54. The predicted octanol–water partition coefficient (Wildman–Crippen LogP) is 1.12. The van der Waals surface area contributed by atoms with E-state index in [0.29, 0.717) is 44.4 Å². The predicted molar refractivity (Wildman–Crippen MR) is 124 cm³/mol. The van der Waals surface area contributed by atoms with E-state index in [1.807, 2.05) is 11.8 Å². The highest BCUT2D eigenvalue weighted by Gasteiger charge is 2.22. The lowest BCUT2D eigenvalue weighted by molar-refractivity contribution is -0.131. The summed E-state index contributed by atoms with van der Waals surface area (Å²) in [5, 5.41) is 15.8. The largest absolute Gasteiger partial charge is 0.396 e. The lowest BCUT2D eigenvalue weighted by atomic mass is 9.94. The fourth-order valence-corrected chi connectivity index (χ4v) is 3.75. The third-order valence-corrected chi connectivity index (χ3v) is 5.29. The van der Waals surface area contributed by atoms with E-state index in [9.17, 15) is 9.90 Å². The zero-order chi connectivity index (χ0) is 22.5. The molecule has 0 saturated carbocycles. The van der Waals surface area contributed by atoms with Crippen LogP contribution in [-0.4, -0.2) is 84.3 Å². The first-order valence-electron chi connectivity index (χ1n) is 11.5. The average molecular weight is 434 g/mol. The van der Waals surface area contributed by atoms with E-state index in [4.69, 9.17) is 0 Å². The standard InChI is InChI=1S/C22H39N7O2/c1-4-23-21(27-17-19(7-15-30)16-18(2)3)24-10-6-20(31)28-11-13-29(14-12-28)22-25-8-5-9-26-22/h5,8-9,18-19,30H,4,6-7,10-17H2,1-3H3,(H2,23,24,27). The molecule has 0 bridgehead atoms. The maximum atomic E-state index is 12.6. The van der Waals surface area contributed by atoms with Gasteiger partial charge < -0.3 is 25.5 Å². The second kappa shape index (κ2) is 13.8. The Kier molecular flexibility index (Phi) is 11.1. The highest BCUT2D eigenvalue weighted by molar-refractivity contribution is 5.81. The minimum Gasteiger partial charge on any atom is -0.396 e. The molecule has 174 valence electrons. The fraction of sp³-hybridized carbons (Fsp3) is 0.727. The van der Waals surface area contributed by atoms with E-state index in [0.717, 1.165) is 44.4 Å². The molecule has 0 aromatic carbocycles. The van der Waals surface area contributed by atoms with E-state index in [1.54, 1.807) is 18.5 Å². The SMILES string of the molecule is CCNC(=NCC(CCO)CC(C)C)NCCC(=O)N1CCN(c2ncccn2)CC1. The molecule has 1 fully saturated rings. The van der Waals surface area contributed by atoms with Gasteiger partial charge in [-0.3, -0.25) is 9.79 Å². The van der Waals surface area contributed by atoms with Crippen molar-refractivity contribution in [3.05, 3.63) is 18.5 Å². The Balaban J connectivity index is 1.75. The van der Waals surface area contributed by atoms with E-state index < -0.39 is 0 Å². The monoisotopic (exact) mass is 433 g/mol. The van der Waals surface area contributed by atoms with Gasteiger partial charge in [0, 0.05) is 71.2 Å². The van der Waals surface area contributed by atoms with Crippen LogP contribution in [0.2, 0.25) is 0 Å². The Bertz CT molecular complexity index is 661. The quantitative estimate of drug-likeness (QED) is 0.355. The van der Waals surface area contributed by atoms with Crippen LogP contribution in [0, 0.1) is 11.8 Å². The van der Waals surface area contributed by atoms with Crippen LogP contribution in [0.15, 0.2) is 23.5 Å². The van der Waals surface area contributed by atoms with Crippen molar-refractivity contribution in [2.24, 2.45) is 16.8 Å². The molecule has 1 amide bonds. The van der Waals surface area contributed by atoms with Gasteiger partial charge in [0.05, 0.1) is 0 Å². The van der Waals surface area contributed by atoms with Crippen molar-refractivity contribution in [1.29, 1.82) is 0 Å². The number of rotatable bonds is 11. The molecule has 1 atom stereocenters. The second-order valence-corrected chi connectivity index (χ2v) is 8.32. The van der Waals surface area contributed by atoms with Gasteiger partial charge in [-0.05, 0) is 37.7 Å². The second-order valence-electron chi connectivity index (χ2n) is 8.32. The van der Waals surface area contributed by atoms with Crippen LogP contribution < -0.4 is 15.5 Å². The molecule has 1 saturated heterocycles. The summed E-state index contributed by atoms with van der Waals surface area (Å²) in [6.07, 6.45) is 5.72.